The van der Waals surface area contributed by atoms with Crippen LogP contribution in [-0.4, -0.2) is 4.98 Å². The molecule has 0 spiro atoms. The molecule has 0 amide bonds. The average Bonchev–Trinajstić information content (AvgIpc) is 3.15. The molecule has 102 valence electrons. The van der Waals surface area contributed by atoms with E-state index in [-0.39, 0.29) is 0 Å². The minimum Gasteiger partial charge on any atom is -0.450 e. The molecule has 0 bridgehead atoms. The van der Waals surface area contributed by atoms with Gasteiger partial charge in [-0.3, -0.25) is 0 Å². The maximum atomic E-state index is 9.32. The van der Waals surface area contributed by atoms with Crippen molar-refractivity contribution in [1.82, 2.24) is 4.98 Å². The maximum absolute atomic E-state index is 9.32. The van der Waals surface area contributed by atoms with Crippen molar-refractivity contribution in [2.75, 3.05) is 0 Å². The standard InChI is InChI=1S/C16H9BrN2OS/c17-15-7-6-13(20-15)8-12(9-18)16-19-14(10-21-16)11-4-2-1-3-5-11/h1-8,10H/b12-8+. The van der Waals surface area contributed by atoms with E-state index in [4.69, 9.17) is 4.42 Å². The van der Waals surface area contributed by atoms with Gasteiger partial charge in [0.05, 0.1) is 11.3 Å². The lowest BCUT2D eigenvalue weighted by Gasteiger charge is -1.94. The molecular weight excluding hydrogens is 348 g/mol. The summed E-state index contributed by atoms with van der Waals surface area (Å²) in [6.45, 7) is 0. The summed E-state index contributed by atoms with van der Waals surface area (Å²) in [6, 6.07) is 15.7. The van der Waals surface area contributed by atoms with Crippen molar-refractivity contribution in [2.45, 2.75) is 0 Å². The first-order chi connectivity index (χ1) is 10.3. The van der Waals surface area contributed by atoms with Crippen LogP contribution in [0.2, 0.25) is 0 Å². The second kappa shape index (κ2) is 6.08. The van der Waals surface area contributed by atoms with Crippen LogP contribution in [0.3, 0.4) is 0 Å². The highest BCUT2D eigenvalue weighted by atomic mass is 79.9. The Hall–Kier alpha value is -2.16. The van der Waals surface area contributed by atoms with Gasteiger partial charge in [0.2, 0.25) is 0 Å². The molecule has 0 fully saturated rings. The zero-order chi connectivity index (χ0) is 14.7. The number of hydrogen-bond acceptors (Lipinski definition) is 4. The lowest BCUT2D eigenvalue weighted by Crippen LogP contribution is -1.82. The van der Waals surface area contributed by atoms with Crippen molar-refractivity contribution < 1.29 is 4.42 Å². The van der Waals surface area contributed by atoms with E-state index >= 15 is 0 Å². The number of benzene rings is 1. The third kappa shape index (κ3) is 3.13. The number of thiazole rings is 1. The second-order valence-corrected chi connectivity index (χ2v) is 5.86. The molecule has 0 aliphatic rings. The molecule has 2 aromatic heterocycles. The SMILES string of the molecule is N#C/C(=C\c1ccc(Br)o1)c1nc(-c2ccccc2)cs1. The molecule has 0 aliphatic heterocycles. The van der Waals surface area contributed by atoms with Crippen LogP contribution >= 0.6 is 27.3 Å². The second-order valence-electron chi connectivity index (χ2n) is 4.22. The maximum Gasteiger partial charge on any atom is 0.169 e. The van der Waals surface area contributed by atoms with E-state index in [0.717, 1.165) is 11.3 Å². The van der Waals surface area contributed by atoms with Crippen LogP contribution in [0.1, 0.15) is 10.8 Å². The van der Waals surface area contributed by atoms with Gasteiger partial charge in [-0.15, -0.1) is 11.3 Å². The number of rotatable bonds is 3. The fraction of sp³-hybridized carbons (Fsp3) is 0. The van der Waals surface area contributed by atoms with Crippen molar-refractivity contribution in [3.8, 4) is 17.3 Å². The molecule has 3 aromatic rings. The fourth-order valence-electron chi connectivity index (χ4n) is 1.83. The van der Waals surface area contributed by atoms with Gasteiger partial charge < -0.3 is 4.42 Å². The summed E-state index contributed by atoms with van der Waals surface area (Å²) in [7, 11) is 0. The predicted octanol–water partition coefficient (Wildman–Crippen LogP) is 5.23. The summed E-state index contributed by atoms with van der Waals surface area (Å²) in [5.74, 6) is 0.620. The van der Waals surface area contributed by atoms with Gasteiger partial charge in [-0.25, -0.2) is 4.98 Å². The molecule has 0 saturated heterocycles. The van der Waals surface area contributed by atoms with Crippen LogP contribution in [0, 0.1) is 11.3 Å². The molecule has 0 N–H and O–H groups in total. The Bertz CT molecular complexity index is 827. The van der Waals surface area contributed by atoms with Gasteiger partial charge in [0.25, 0.3) is 0 Å². The molecular formula is C16H9BrN2OS. The van der Waals surface area contributed by atoms with Crippen molar-refractivity contribution in [3.05, 3.63) is 63.3 Å². The highest BCUT2D eigenvalue weighted by Gasteiger charge is 2.09. The number of allylic oxidation sites excluding steroid dienone is 1. The Kier molecular flexibility index (Phi) is 4.00. The largest absolute Gasteiger partial charge is 0.450 e. The third-order valence-corrected chi connectivity index (χ3v) is 4.11. The summed E-state index contributed by atoms with van der Waals surface area (Å²) in [5, 5.41) is 12.0. The highest BCUT2D eigenvalue weighted by molar-refractivity contribution is 9.10. The van der Waals surface area contributed by atoms with Gasteiger partial charge in [0.15, 0.2) is 4.67 Å². The van der Waals surface area contributed by atoms with Gasteiger partial charge in [-0.05, 0) is 28.1 Å². The molecule has 0 atom stereocenters. The van der Waals surface area contributed by atoms with Crippen molar-refractivity contribution in [1.29, 1.82) is 5.26 Å². The van der Waals surface area contributed by atoms with E-state index in [9.17, 15) is 5.26 Å². The first-order valence-corrected chi connectivity index (χ1v) is 7.82. The summed E-state index contributed by atoms with van der Waals surface area (Å²) in [4.78, 5) is 4.53. The Morgan fingerprint density at radius 3 is 2.71 bits per heavy atom. The van der Waals surface area contributed by atoms with Crippen molar-refractivity contribution >= 4 is 38.9 Å². The quantitative estimate of drug-likeness (QED) is 0.603. The summed E-state index contributed by atoms with van der Waals surface area (Å²) >= 11 is 4.69. The van der Waals surface area contributed by atoms with Crippen LogP contribution in [0.5, 0.6) is 0 Å². The lowest BCUT2D eigenvalue weighted by molar-refractivity contribution is 0.532. The number of nitrogens with zero attached hydrogens (tertiary/aromatic N) is 2. The van der Waals surface area contributed by atoms with E-state index in [2.05, 4.69) is 27.0 Å². The van der Waals surface area contributed by atoms with Crippen molar-refractivity contribution in [3.63, 3.8) is 0 Å². The Morgan fingerprint density at radius 2 is 2.05 bits per heavy atom. The smallest absolute Gasteiger partial charge is 0.169 e. The minimum atomic E-state index is 0.490. The highest BCUT2D eigenvalue weighted by Crippen LogP contribution is 2.27. The van der Waals surface area contributed by atoms with E-state index in [1.165, 1.54) is 11.3 Å². The number of halogens is 1. The molecule has 3 rings (SSSR count). The topological polar surface area (TPSA) is 49.8 Å². The van der Waals surface area contributed by atoms with Gasteiger partial charge in [0, 0.05) is 17.0 Å². The normalized spacial score (nSPS) is 11.3. The van der Waals surface area contributed by atoms with E-state index in [1.54, 1.807) is 18.2 Å². The van der Waals surface area contributed by atoms with Crippen LogP contribution in [0.4, 0.5) is 0 Å². The average molecular weight is 357 g/mol. The molecule has 3 nitrogen and oxygen atoms in total. The summed E-state index contributed by atoms with van der Waals surface area (Å²) < 4.78 is 6.03. The van der Waals surface area contributed by atoms with E-state index in [1.807, 2.05) is 35.7 Å². The Labute approximate surface area is 134 Å². The van der Waals surface area contributed by atoms with Crippen LogP contribution < -0.4 is 0 Å². The molecule has 2 heterocycles. The van der Waals surface area contributed by atoms with E-state index in [0.29, 0.717) is 21.0 Å². The number of hydrogen-bond donors (Lipinski definition) is 0. The molecule has 5 heteroatoms. The van der Waals surface area contributed by atoms with Crippen LogP contribution in [0.15, 0.2) is 56.9 Å². The van der Waals surface area contributed by atoms with Gasteiger partial charge in [-0.1, -0.05) is 30.3 Å². The molecule has 1 aromatic carbocycles. The van der Waals surface area contributed by atoms with E-state index < -0.39 is 0 Å². The van der Waals surface area contributed by atoms with Gasteiger partial charge in [0.1, 0.15) is 16.8 Å². The third-order valence-electron chi connectivity index (χ3n) is 2.81. The lowest BCUT2D eigenvalue weighted by atomic mass is 10.2. The van der Waals surface area contributed by atoms with Crippen molar-refractivity contribution in [2.24, 2.45) is 0 Å². The van der Waals surface area contributed by atoms with Gasteiger partial charge in [-0.2, -0.15) is 5.26 Å². The molecule has 0 unspecified atom stereocenters. The summed E-state index contributed by atoms with van der Waals surface area (Å²) in [6.07, 6.45) is 1.69. The molecule has 0 radical (unpaired) electrons. The zero-order valence-corrected chi connectivity index (χ0v) is 13.2. The molecule has 0 saturated carbocycles. The number of furan rings is 1. The monoisotopic (exact) mass is 356 g/mol. The van der Waals surface area contributed by atoms with Gasteiger partial charge >= 0.3 is 0 Å². The minimum absolute atomic E-state index is 0.490. The number of nitriles is 1. The summed E-state index contributed by atoms with van der Waals surface area (Å²) in [5.41, 5.74) is 2.40. The first kappa shape index (κ1) is 13.8. The predicted molar refractivity (Wildman–Crippen MR) is 87.4 cm³/mol. The molecule has 0 aliphatic carbocycles. The Balaban J connectivity index is 1.95. The zero-order valence-electron chi connectivity index (χ0n) is 10.8. The Morgan fingerprint density at radius 1 is 1.24 bits per heavy atom. The first-order valence-electron chi connectivity index (χ1n) is 6.15. The van der Waals surface area contributed by atoms with Crippen LogP contribution in [-0.2, 0) is 0 Å². The fourth-order valence-corrected chi connectivity index (χ4v) is 2.94. The number of aromatic nitrogens is 1. The van der Waals surface area contributed by atoms with Crippen LogP contribution in [0.25, 0.3) is 22.9 Å². The molecule has 21 heavy (non-hydrogen) atoms.